The zero-order valence-corrected chi connectivity index (χ0v) is 19.7. The number of rotatable bonds is 7. The third-order valence-electron chi connectivity index (χ3n) is 4.54. The van der Waals surface area contributed by atoms with Crippen molar-refractivity contribution in [2.24, 2.45) is 0 Å². The first-order valence-electron chi connectivity index (χ1n) is 9.72. The maximum atomic E-state index is 12.9. The van der Waals surface area contributed by atoms with Crippen molar-refractivity contribution in [1.29, 1.82) is 0 Å². The van der Waals surface area contributed by atoms with Gasteiger partial charge < -0.3 is 10.1 Å². The molecule has 12 heteroatoms. The van der Waals surface area contributed by atoms with Gasteiger partial charge in [0.05, 0.1) is 23.3 Å². The van der Waals surface area contributed by atoms with Crippen LogP contribution < -0.4 is 14.8 Å². The molecule has 0 atom stereocenters. The molecule has 0 spiro atoms. The average Bonchev–Trinajstić information content (AvgIpc) is 2.79. The van der Waals surface area contributed by atoms with Crippen molar-refractivity contribution in [3.8, 4) is 0 Å². The maximum absolute atomic E-state index is 12.9. The molecule has 3 aromatic rings. The summed E-state index contributed by atoms with van der Waals surface area (Å²) in [4.78, 5) is 23.5. The van der Waals surface area contributed by atoms with Crippen LogP contribution in [-0.4, -0.2) is 35.9 Å². The van der Waals surface area contributed by atoms with Gasteiger partial charge in [-0.05, 0) is 55.5 Å². The number of esters is 1. The predicted octanol–water partition coefficient (Wildman–Crippen LogP) is 3.09. The standard InChI is InChI=1S/C22H21N3O7S2/c1-15-7-13-18(14-8-15)33(28,29)25-22(27)23-19-5-3-4-6-20(19)34(30,31)24-17-11-9-16(10-12-17)21(26)32-2/h3-14,24H,1-2H3,(H2,23,25,27). The quantitative estimate of drug-likeness (QED) is 0.420. The van der Waals surface area contributed by atoms with E-state index >= 15 is 0 Å². The molecule has 0 saturated carbocycles. The molecule has 0 fully saturated rings. The Bertz CT molecular complexity index is 1420. The SMILES string of the molecule is COC(=O)c1ccc(NS(=O)(=O)c2ccccc2NC(=O)NS(=O)(=O)c2ccc(C)cc2)cc1. The molecule has 0 unspecified atom stereocenters. The summed E-state index contributed by atoms with van der Waals surface area (Å²) in [5.74, 6) is -0.574. The van der Waals surface area contributed by atoms with E-state index in [4.69, 9.17) is 0 Å². The molecule has 0 aromatic heterocycles. The monoisotopic (exact) mass is 503 g/mol. The predicted molar refractivity (Wildman–Crippen MR) is 126 cm³/mol. The zero-order chi connectivity index (χ0) is 24.9. The van der Waals surface area contributed by atoms with Crippen LogP contribution in [-0.2, 0) is 24.8 Å². The van der Waals surface area contributed by atoms with Crippen molar-refractivity contribution < 1.29 is 31.2 Å². The van der Waals surface area contributed by atoms with Gasteiger partial charge in [-0.3, -0.25) is 4.72 Å². The lowest BCUT2D eigenvalue weighted by Gasteiger charge is -2.14. The average molecular weight is 504 g/mol. The molecule has 0 aliphatic heterocycles. The lowest BCUT2D eigenvalue weighted by molar-refractivity contribution is 0.0600. The summed E-state index contributed by atoms with van der Waals surface area (Å²) in [5.41, 5.74) is 1.10. The number of anilines is 2. The molecule has 10 nitrogen and oxygen atoms in total. The number of benzene rings is 3. The van der Waals surface area contributed by atoms with Crippen molar-refractivity contribution in [3.63, 3.8) is 0 Å². The number of hydrogen-bond donors (Lipinski definition) is 3. The summed E-state index contributed by atoms with van der Waals surface area (Å²) in [5, 5.41) is 2.26. The van der Waals surface area contributed by atoms with Crippen LogP contribution in [0.4, 0.5) is 16.2 Å². The van der Waals surface area contributed by atoms with Crippen LogP contribution in [0.15, 0.2) is 82.6 Å². The van der Waals surface area contributed by atoms with E-state index in [1.807, 2.05) is 4.72 Å². The molecular weight excluding hydrogens is 482 g/mol. The second kappa shape index (κ2) is 9.93. The lowest BCUT2D eigenvalue weighted by Crippen LogP contribution is -2.34. The molecule has 2 amide bonds. The molecule has 178 valence electrons. The van der Waals surface area contributed by atoms with Gasteiger partial charge in [0.1, 0.15) is 4.90 Å². The number of sulfonamides is 2. The van der Waals surface area contributed by atoms with Gasteiger partial charge in [0, 0.05) is 5.69 Å². The number of methoxy groups -OCH3 is 1. The van der Waals surface area contributed by atoms with E-state index in [9.17, 15) is 26.4 Å². The van der Waals surface area contributed by atoms with Gasteiger partial charge in [-0.15, -0.1) is 0 Å². The van der Waals surface area contributed by atoms with E-state index < -0.39 is 32.0 Å². The number of ether oxygens (including phenoxy) is 1. The molecule has 0 radical (unpaired) electrons. The van der Waals surface area contributed by atoms with Gasteiger partial charge in [0.15, 0.2) is 0 Å². The number of carbonyl (C=O) groups is 2. The Labute approximate surface area is 197 Å². The third kappa shape index (κ3) is 5.91. The first-order valence-corrected chi connectivity index (χ1v) is 12.7. The van der Waals surface area contributed by atoms with Crippen molar-refractivity contribution in [2.45, 2.75) is 16.7 Å². The van der Waals surface area contributed by atoms with E-state index in [1.165, 1.54) is 67.8 Å². The normalized spacial score (nSPS) is 11.4. The van der Waals surface area contributed by atoms with Crippen LogP contribution in [0.5, 0.6) is 0 Å². The number of para-hydroxylation sites is 1. The Morgan fingerprint density at radius 1 is 0.794 bits per heavy atom. The third-order valence-corrected chi connectivity index (χ3v) is 7.33. The van der Waals surface area contributed by atoms with Gasteiger partial charge >= 0.3 is 12.0 Å². The fourth-order valence-electron chi connectivity index (χ4n) is 2.85. The van der Waals surface area contributed by atoms with Crippen molar-refractivity contribution in [1.82, 2.24) is 4.72 Å². The van der Waals surface area contributed by atoms with Crippen LogP contribution in [0.1, 0.15) is 15.9 Å². The summed E-state index contributed by atoms with van der Waals surface area (Å²) in [7, 11) is -7.13. The summed E-state index contributed by atoms with van der Waals surface area (Å²) < 4.78 is 59.5. The molecule has 0 aliphatic rings. The Hall–Kier alpha value is -3.90. The molecule has 0 heterocycles. The highest BCUT2D eigenvalue weighted by molar-refractivity contribution is 7.93. The van der Waals surface area contributed by atoms with E-state index in [-0.39, 0.29) is 26.7 Å². The zero-order valence-electron chi connectivity index (χ0n) is 18.1. The van der Waals surface area contributed by atoms with E-state index in [0.29, 0.717) is 0 Å². The van der Waals surface area contributed by atoms with E-state index in [2.05, 4.69) is 14.8 Å². The maximum Gasteiger partial charge on any atom is 0.337 e. The van der Waals surface area contributed by atoms with E-state index in [0.717, 1.165) is 5.56 Å². The van der Waals surface area contributed by atoms with Crippen molar-refractivity contribution in [3.05, 3.63) is 83.9 Å². The Balaban J connectivity index is 1.78. The van der Waals surface area contributed by atoms with E-state index in [1.54, 1.807) is 19.1 Å². The molecule has 34 heavy (non-hydrogen) atoms. The number of amides is 2. The molecule has 0 bridgehead atoms. The van der Waals surface area contributed by atoms with Gasteiger partial charge in [-0.1, -0.05) is 29.8 Å². The number of nitrogens with one attached hydrogen (secondary N) is 3. The van der Waals surface area contributed by atoms with Gasteiger partial charge in [-0.2, -0.15) is 0 Å². The minimum absolute atomic E-state index is 0.119. The Morgan fingerprint density at radius 2 is 1.41 bits per heavy atom. The van der Waals surface area contributed by atoms with Crippen molar-refractivity contribution in [2.75, 3.05) is 17.1 Å². The summed E-state index contributed by atoms with van der Waals surface area (Å²) in [6, 6.07) is 15.7. The second-order valence-electron chi connectivity index (χ2n) is 7.04. The summed E-state index contributed by atoms with van der Waals surface area (Å²) >= 11 is 0. The number of carbonyl (C=O) groups excluding carboxylic acids is 2. The topological polar surface area (TPSA) is 148 Å². The van der Waals surface area contributed by atoms with Gasteiger partial charge in [0.25, 0.3) is 20.0 Å². The van der Waals surface area contributed by atoms with Crippen LogP contribution in [0.3, 0.4) is 0 Å². The van der Waals surface area contributed by atoms with Crippen molar-refractivity contribution >= 4 is 43.4 Å². The largest absolute Gasteiger partial charge is 0.465 e. The summed E-state index contributed by atoms with van der Waals surface area (Å²) in [6.45, 7) is 1.79. The number of urea groups is 1. The van der Waals surface area contributed by atoms with Crippen LogP contribution in [0, 0.1) is 6.92 Å². The van der Waals surface area contributed by atoms with Crippen LogP contribution in [0.25, 0.3) is 0 Å². The summed E-state index contributed by atoms with van der Waals surface area (Å²) in [6.07, 6.45) is 0. The number of aryl methyl sites for hydroxylation is 1. The van der Waals surface area contributed by atoms with Gasteiger partial charge in [0.2, 0.25) is 0 Å². The lowest BCUT2D eigenvalue weighted by atomic mass is 10.2. The molecule has 3 N–H and O–H groups in total. The fourth-order valence-corrected chi connectivity index (χ4v) is 4.98. The second-order valence-corrected chi connectivity index (χ2v) is 10.4. The minimum atomic E-state index is -4.19. The Kier molecular flexibility index (Phi) is 7.23. The molecule has 0 aliphatic carbocycles. The highest BCUT2D eigenvalue weighted by Gasteiger charge is 2.22. The molecular formula is C22H21N3O7S2. The van der Waals surface area contributed by atoms with Crippen LogP contribution in [0.2, 0.25) is 0 Å². The Morgan fingerprint density at radius 3 is 2.03 bits per heavy atom. The molecule has 3 rings (SSSR count). The first-order chi connectivity index (χ1) is 16.0. The fraction of sp³-hybridized carbons (Fsp3) is 0.0909. The smallest absolute Gasteiger partial charge is 0.337 e. The molecule has 3 aromatic carbocycles. The highest BCUT2D eigenvalue weighted by atomic mass is 32.2. The number of hydrogen-bond acceptors (Lipinski definition) is 7. The molecule has 0 saturated heterocycles. The van der Waals surface area contributed by atoms with Crippen LogP contribution >= 0.6 is 0 Å². The van der Waals surface area contributed by atoms with Gasteiger partial charge in [-0.25, -0.2) is 31.1 Å². The highest BCUT2D eigenvalue weighted by Crippen LogP contribution is 2.24. The first kappa shape index (κ1) is 24.7. The minimum Gasteiger partial charge on any atom is -0.465 e.